The number of benzene rings is 2. The summed E-state index contributed by atoms with van der Waals surface area (Å²) in [5.74, 6) is -0.244. The Labute approximate surface area is 192 Å². The van der Waals surface area contributed by atoms with Crippen molar-refractivity contribution in [3.05, 3.63) is 65.2 Å². The molecule has 1 aliphatic heterocycles. The summed E-state index contributed by atoms with van der Waals surface area (Å²) in [5.41, 5.74) is 2.38. The van der Waals surface area contributed by atoms with E-state index in [4.69, 9.17) is 0 Å². The highest BCUT2D eigenvalue weighted by molar-refractivity contribution is 7.89. The van der Waals surface area contributed by atoms with Crippen LogP contribution in [0, 0.1) is 6.92 Å². The van der Waals surface area contributed by atoms with Crippen LogP contribution >= 0.6 is 0 Å². The summed E-state index contributed by atoms with van der Waals surface area (Å²) in [6.45, 7) is 4.79. The van der Waals surface area contributed by atoms with Crippen molar-refractivity contribution in [3.8, 4) is 0 Å². The number of likely N-dealkylation sites (N-methyl/N-ethyl adjacent to an activating group) is 1. The van der Waals surface area contributed by atoms with Gasteiger partial charge in [-0.1, -0.05) is 42.8 Å². The lowest BCUT2D eigenvalue weighted by Crippen LogP contribution is -2.42. The van der Waals surface area contributed by atoms with Crippen molar-refractivity contribution >= 4 is 15.9 Å². The van der Waals surface area contributed by atoms with Crippen LogP contribution in [-0.4, -0.2) is 62.8 Å². The maximum Gasteiger partial charge on any atom is 0.251 e. The first-order valence-electron chi connectivity index (χ1n) is 11.3. The lowest BCUT2D eigenvalue weighted by Gasteiger charge is -2.32. The molecular formula is C25H35N3O3S. The van der Waals surface area contributed by atoms with Gasteiger partial charge >= 0.3 is 0 Å². The number of nitrogens with zero attached hydrogens (tertiary/aromatic N) is 2. The lowest BCUT2D eigenvalue weighted by molar-refractivity contribution is 0.0941. The average Bonchev–Trinajstić information content (AvgIpc) is 2.77. The standard InChI is InChI=1S/C25H35N3O3S/c1-19-13-14-23(32(30,31)28-15-9-8-10-20(28)2)17-24(19)25(29)26-18-22(27(3)4)16-21-11-6-5-7-12-21/h5-7,11-14,17,20,22H,8-10,15-16,18H2,1-4H3,(H,26,29). The van der Waals surface area contributed by atoms with Crippen LogP contribution in [-0.2, 0) is 16.4 Å². The molecule has 7 heteroatoms. The zero-order chi connectivity index (χ0) is 23.3. The van der Waals surface area contributed by atoms with Crippen molar-refractivity contribution in [2.45, 2.75) is 56.5 Å². The molecule has 1 saturated heterocycles. The van der Waals surface area contributed by atoms with Gasteiger partial charge in [0.1, 0.15) is 0 Å². The highest BCUT2D eigenvalue weighted by Gasteiger charge is 2.31. The van der Waals surface area contributed by atoms with Gasteiger partial charge in [-0.05, 0) is 70.5 Å². The van der Waals surface area contributed by atoms with Crippen LogP contribution in [0.5, 0.6) is 0 Å². The SMILES string of the molecule is Cc1ccc(S(=O)(=O)N2CCCCC2C)cc1C(=O)NCC(Cc1ccccc1)N(C)C. The second-order valence-electron chi connectivity index (χ2n) is 8.95. The number of sulfonamides is 1. The van der Waals surface area contributed by atoms with Crippen molar-refractivity contribution in [3.63, 3.8) is 0 Å². The van der Waals surface area contributed by atoms with Crippen molar-refractivity contribution < 1.29 is 13.2 Å². The Bertz CT molecular complexity index is 1020. The highest BCUT2D eigenvalue weighted by Crippen LogP contribution is 2.26. The number of rotatable bonds is 8. The van der Waals surface area contributed by atoms with E-state index in [1.54, 1.807) is 16.4 Å². The third-order valence-electron chi connectivity index (χ3n) is 6.34. The van der Waals surface area contributed by atoms with Gasteiger partial charge < -0.3 is 10.2 Å². The second kappa shape index (κ2) is 10.6. The summed E-state index contributed by atoms with van der Waals surface area (Å²) in [4.78, 5) is 15.3. The van der Waals surface area contributed by atoms with E-state index in [0.29, 0.717) is 18.7 Å². The molecule has 0 bridgehead atoms. The topological polar surface area (TPSA) is 69.7 Å². The van der Waals surface area contributed by atoms with Crippen molar-refractivity contribution in [2.75, 3.05) is 27.2 Å². The fourth-order valence-electron chi connectivity index (χ4n) is 4.20. The quantitative estimate of drug-likeness (QED) is 0.659. The van der Waals surface area contributed by atoms with E-state index in [-0.39, 0.29) is 22.9 Å². The van der Waals surface area contributed by atoms with E-state index in [9.17, 15) is 13.2 Å². The molecule has 2 aromatic carbocycles. The van der Waals surface area contributed by atoms with Gasteiger partial charge in [-0.15, -0.1) is 0 Å². The number of carbonyl (C=O) groups is 1. The van der Waals surface area contributed by atoms with Crippen LogP contribution in [0.1, 0.15) is 47.7 Å². The van der Waals surface area contributed by atoms with Gasteiger partial charge in [0.15, 0.2) is 0 Å². The molecule has 0 aliphatic carbocycles. The molecule has 2 unspecified atom stereocenters. The molecule has 0 spiro atoms. The first kappa shape index (κ1) is 24.4. The monoisotopic (exact) mass is 457 g/mol. The van der Waals surface area contributed by atoms with Crippen LogP contribution in [0.15, 0.2) is 53.4 Å². The third-order valence-corrected chi connectivity index (χ3v) is 8.35. The Kier molecular flexibility index (Phi) is 8.09. The van der Waals surface area contributed by atoms with Gasteiger partial charge in [-0.3, -0.25) is 4.79 Å². The van der Waals surface area contributed by atoms with E-state index >= 15 is 0 Å². The molecule has 1 N–H and O–H groups in total. The number of aryl methyl sites for hydroxylation is 1. The zero-order valence-electron chi connectivity index (χ0n) is 19.5. The molecule has 0 saturated carbocycles. The second-order valence-corrected chi connectivity index (χ2v) is 10.8. The van der Waals surface area contributed by atoms with Crippen LogP contribution in [0.2, 0.25) is 0 Å². The molecule has 0 aromatic heterocycles. The largest absolute Gasteiger partial charge is 0.350 e. The van der Waals surface area contributed by atoms with Gasteiger partial charge in [0.05, 0.1) is 4.90 Å². The van der Waals surface area contributed by atoms with Gasteiger partial charge in [0.25, 0.3) is 5.91 Å². The van der Waals surface area contributed by atoms with Crippen LogP contribution in [0.3, 0.4) is 0 Å². The molecule has 1 aliphatic rings. The maximum absolute atomic E-state index is 13.2. The average molecular weight is 458 g/mol. The Morgan fingerprint density at radius 2 is 1.88 bits per heavy atom. The van der Waals surface area contributed by atoms with E-state index in [1.165, 1.54) is 11.6 Å². The molecular weight excluding hydrogens is 422 g/mol. The predicted octanol–water partition coefficient (Wildman–Crippen LogP) is 3.46. The fourth-order valence-corrected chi connectivity index (χ4v) is 5.93. The Balaban J connectivity index is 1.75. The van der Waals surface area contributed by atoms with Gasteiger partial charge in [0, 0.05) is 30.7 Å². The number of hydrogen-bond acceptors (Lipinski definition) is 4. The van der Waals surface area contributed by atoms with E-state index in [2.05, 4.69) is 22.3 Å². The van der Waals surface area contributed by atoms with Crippen molar-refractivity contribution in [1.82, 2.24) is 14.5 Å². The van der Waals surface area contributed by atoms with Gasteiger partial charge in [-0.25, -0.2) is 8.42 Å². The molecule has 6 nitrogen and oxygen atoms in total. The van der Waals surface area contributed by atoms with Gasteiger partial charge in [-0.2, -0.15) is 4.31 Å². The Hall–Kier alpha value is -2.22. The molecule has 1 amide bonds. The summed E-state index contributed by atoms with van der Waals surface area (Å²) in [7, 11) is 0.372. The van der Waals surface area contributed by atoms with Crippen LogP contribution in [0.4, 0.5) is 0 Å². The molecule has 2 aromatic rings. The normalized spacial score (nSPS) is 18.5. The molecule has 0 radical (unpaired) electrons. The van der Waals surface area contributed by atoms with Crippen LogP contribution < -0.4 is 5.32 Å². The van der Waals surface area contributed by atoms with E-state index < -0.39 is 10.0 Å². The molecule has 1 fully saturated rings. The number of amides is 1. The summed E-state index contributed by atoms with van der Waals surface area (Å²) >= 11 is 0. The first-order chi connectivity index (χ1) is 15.2. The molecule has 3 rings (SSSR count). The summed E-state index contributed by atoms with van der Waals surface area (Å²) < 4.78 is 28.0. The summed E-state index contributed by atoms with van der Waals surface area (Å²) in [6.07, 6.45) is 3.60. The minimum absolute atomic E-state index is 0.0221. The fraction of sp³-hybridized carbons (Fsp3) is 0.480. The smallest absolute Gasteiger partial charge is 0.251 e. The highest BCUT2D eigenvalue weighted by atomic mass is 32.2. The number of hydrogen-bond donors (Lipinski definition) is 1. The van der Waals surface area contributed by atoms with Gasteiger partial charge in [0.2, 0.25) is 10.0 Å². The molecule has 2 atom stereocenters. The van der Waals surface area contributed by atoms with E-state index in [1.807, 2.05) is 46.1 Å². The Morgan fingerprint density at radius 1 is 1.16 bits per heavy atom. The Morgan fingerprint density at radius 3 is 2.53 bits per heavy atom. The van der Waals surface area contributed by atoms with Crippen LogP contribution in [0.25, 0.3) is 0 Å². The molecule has 174 valence electrons. The first-order valence-corrected chi connectivity index (χ1v) is 12.7. The van der Waals surface area contributed by atoms with Crippen molar-refractivity contribution in [1.29, 1.82) is 0 Å². The third kappa shape index (κ3) is 5.77. The number of nitrogens with one attached hydrogen (secondary N) is 1. The zero-order valence-corrected chi connectivity index (χ0v) is 20.4. The minimum Gasteiger partial charge on any atom is -0.350 e. The summed E-state index contributed by atoms with van der Waals surface area (Å²) in [5, 5.41) is 3.02. The minimum atomic E-state index is -3.62. The summed E-state index contributed by atoms with van der Waals surface area (Å²) in [6, 6.07) is 15.2. The predicted molar refractivity (Wildman–Crippen MR) is 128 cm³/mol. The molecule has 32 heavy (non-hydrogen) atoms. The molecule has 1 heterocycles. The van der Waals surface area contributed by atoms with E-state index in [0.717, 1.165) is 31.2 Å². The lowest BCUT2D eigenvalue weighted by atomic mass is 10.0. The number of piperidine rings is 1. The van der Waals surface area contributed by atoms with Crippen molar-refractivity contribution in [2.24, 2.45) is 0 Å². The maximum atomic E-state index is 13.2. The number of carbonyl (C=O) groups excluding carboxylic acids is 1.